The van der Waals surface area contributed by atoms with Gasteiger partial charge < -0.3 is 9.84 Å². The summed E-state index contributed by atoms with van der Waals surface area (Å²) in [4.78, 5) is 6.75. The minimum atomic E-state index is 0.249. The standard InChI is InChI=1S/C10H16N4O/c1-14-5-4-11-6-8(14)10-12-9(13-15-10)7-2-3-7/h7-8,11H,2-6H2,1H3/t8-/m0/s1. The highest BCUT2D eigenvalue weighted by Crippen LogP contribution is 2.38. The van der Waals surface area contributed by atoms with Gasteiger partial charge in [-0.2, -0.15) is 4.98 Å². The number of rotatable bonds is 2. The molecule has 1 aliphatic carbocycles. The molecule has 1 aliphatic heterocycles. The van der Waals surface area contributed by atoms with E-state index < -0.39 is 0 Å². The molecule has 15 heavy (non-hydrogen) atoms. The minimum Gasteiger partial charge on any atom is -0.338 e. The average Bonchev–Trinajstić information content (AvgIpc) is 2.99. The topological polar surface area (TPSA) is 54.2 Å². The number of nitrogens with one attached hydrogen (secondary N) is 1. The third-order valence-corrected chi connectivity index (χ3v) is 3.20. The normalized spacial score (nSPS) is 28.2. The van der Waals surface area contributed by atoms with E-state index in [1.54, 1.807) is 0 Å². The smallest absolute Gasteiger partial charge is 0.245 e. The van der Waals surface area contributed by atoms with Gasteiger partial charge in [0.25, 0.3) is 0 Å². The molecule has 1 atom stereocenters. The molecule has 82 valence electrons. The predicted octanol–water partition coefficient (Wildman–Crippen LogP) is 0.523. The number of aromatic nitrogens is 2. The van der Waals surface area contributed by atoms with Gasteiger partial charge >= 0.3 is 0 Å². The number of piperazine rings is 1. The number of hydrogen-bond acceptors (Lipinski definition) is 5. The Labute approximate surface area is 88.8 Å². The molecule has 1 saturated heterocycles. The Morgan fingerprint density at radius 3 is 3.07 bits per heavy atom. The highest BCUT2D eigenvalue weighted by molar-refractivity contribution is 5.05. The monoisotopic (exact) mass is 208 g/mol. The summed E-state index contributed by atoms with van der Waals surface area (Å²) in [7, 11) is 2.10. The number of nitrogens with zero attached hydrogens (tertiary/aromatic N) is 3. The first-order valence-electron chi connectivity index (χ1n) is 5.59. The largest absolute Gasteiger partial charge is 0.338 e. The lowest BCUT2D eigenvalue weighted by Crippen LogP contribution is -2.43. The molecule has 2 fully saturated rings. The summed E-state index contributed by atoms with van der Waals surface area (Å²) >= 11 is 0. The molecule has 0 unspecified atom stereocenters. The summed E-state index contributed by atoms with van der Waals surface area (Å²) in [6.07, 6.45) is 2.44. The Kier molecular flexibility index (Phi) is 2.21. The molecule has 3 rings (SSSR count). The van der Waals surface area contributed by atoms with Crippen molar-refractivity contribution in [3.05, 3.63) is 11.7 Å². The fraction of sp³-hybridized carbons (Fsp3) is 0.800. The fourth-order valence-electron chi connectivity index (χ4n) is 1.97. The van der Waals surface area contributed by atoms with Crippen LogP contribution in [0, 0.1) is 0 Å². The Balaban J connectivity index is 1.78. The van der Waals surface area contributed by atoms with Crippen LogP contribution in [-0.2, 0) is 0 Å². The van der Waals surface area contributed by atoms with Crippen LogP contribution in [0.3, 0.4) is 0 Å². The first kappa shape index (κ1) is 9.30. The zero-order valence-electron chi connectivity index (χ0n) is 8.94. The summed E-state index contributed by atoms with van der Waals surface area (Å²) in [5.74, 6) is 2.25. The van der Waals surface area contributed by atoms with E-state index in [0.717, 1.165) is 31.3 Å². The lowest BCUT2D eigenvalue weighted by molar-refractivity contribution is 0.163. The van der Waals surface area contributed by atoms with Gasteiger partial charge in [-0.05, 0) is 19.9 Å². The van der Waals surface area contributed by atoms with Gasteiger partial charge in [-0.3, -0.25) is 4.90 Å². The van der Waals surface area contributed by atoms with Crippen LogP contribution in [0.1, 0.15) is 36.5 Å². The van der Waals surface area contributed by atoms with Gasteiger partial charge in [0, 0.05) is 25.6 Å². The van der Waals surface area contributed by atoms with Crippen molar-refractivity contribution in [1.82, 2.24) is 20.4 Å². The van der Waals surface area contributed by atoms with Crippen LogP contribution in [0.2, 0.25) is 0 Å². The lowest BCUT2D eigenvalue weighted by atomic mass is 10.2. The van der Waals surface area contributed by atoms with E-state index in [2.05, 4.69) is 27.4 Å². The van der Waals surface area contributed by atoms with E-state index in [9.17, 15) is 0 Å². The molecule has 0 radical (unpaired) electrons. The molecule has 1 N–H and O–H groups in total. The SMILES string of the molecule is CN1CCNC[C@H]1c1nc(C2CC2)no1. The predicted molar refractivity (Wildman–Crippen MR) is 54.5 cm³/mol. The Hall–Kier alpha value is -0.940. The van der Waals surface area contributed by atoms with E-state index in [1.807, 2.05) is 0 Å². The molecule has 2 aliphatic rings. The zero-order valence-corrected chi connectivity index (χ0v) is 8.94. The van der Waals surface area contributed by atoms with Gasteiger partial charge in [0.2, 0.25) is 5.89 Å². The summed E-state index contributed by atoms with van der Waals surface area (Å²) in [5, 5.41) is 7.40. The minimum absolute atomic E-state index is 0.249. The van der Waals surface area contributed by atoms with Gasteiger partial charge in [-0.25, -0.2) is 0 Å². The van der Waals surface area contributed by atoms with Crippen molar-refractivity contribution < 1.29 is 4.52 Å². The van der Waals surface area contributed by atoms with Gasteiger partial charge in [0.15, 0.2) is 5.82 Å². The second-order valence-electron chi connectivity index (χ2n) is 4.47. The molecule has 0 aromatic carbocycles. The summed E-state index contributed by atoms with van der Waals surface area (Å²) < 4.78 is 5.33. The van der Waals surface area contributed by atoms with Crippen molar-refractivity contribution in [2.45, 2.75) is 24.8 Å². The molecule has 0 spiro atoms. The number of hydrogen-bond donors (Lipinski definition) is 1. The summed E-state index contributed by atoms with van der Waals surface area (Å²) in [5.41, 5.74) is 0. The molecule has 5 nitrogen and oxygen atoms in total. The van der Waals surface area contributed by atoms with Gasteiger partial charge in [-0.1, -0.05) is 5.16 Å². The van der Waals surface area contributed by atoms with Crippen LogP contribution >= 0.6 is 0 Å². The molecule has 1 saturated carbocycles. The molecule has 1 aromatic heterocycles. The molecule has 2 heterocycles. The van der Waals surface area contributed by atoms with Crippen molar-refractivity contribution in [2.24, 2.45) is 0 Å². The first-order valence-corrected chi connectivity index (χ1v) is 5.59. The van der Waals surface area contributed by atoms with Crippen molar-refractivity contribution in [3.8, 4) is 0 Å². The van der Waals surface area contributed by atoms with Crippen molar-refractivity contribution in [3.63, 3.8) is 0 Å². The third kappa shape index (κ3) is 1.77. The van der Waals surface area contributed by atoms with E-state index >= 15 is 0 Å². The zero-order chi connectivity index (χ0) is 10.3. The molecule has 0 bridgehead atoms. The fourth-order valence-corrected chi connectivity index (χ4v) is 1.97. The van der Waals surface area contributed by atoms with Crippen LogP contribution < -0.4 is 5.32 Å². The summed E-state index contributed by atoms with van der Waals surface area (Å²) in [6, 6.07) is 0.249. The van der Waals surface area contributed by atoms with Crippen LogP contribution in [0.25, 0.3) is 0 Å². The van der Waals surface area contributed by atoms with Crippen LogP contribution in [0.4, 0.5) is 0 Å². The van der Waals surface area contributed by atoms with E-state index in [0.29, 0.717) is 5.92 Å². The quantitative estimate of drug-likeness (QED) is 0.768. The molecular weight excluding hydrogens is 192 g/mol. The van der Waals surface area contributed by atoms with Gasteiger partial charge in [0.05, 0.1) is 0 Å². The van der Waals surface area contributed by atoms with Gasteiger partial charge in [0.1, 0.15) is 6.04 Å². The van der Waals surface area contributed by atoms with Crippen molar-refractivity contribution in [2.75, 3.05) is 26.7 Å². The number of likely N-dealkylation sites (N-methyl/N-ethyl adjacent to an activating group) is 1. The highest BCUT2D eigenvalue weighted by Gasteiger charge is 2.31. The Morgan fingerprint density at radius 1 is 1.47 bits per heavy atom. The van der Waals surface area contributed by atoms with E-state index in [-0.39, 0.29) is 6.04 Å². The van der Waals surface area contributed by atoms with E-state index in [4.69, 9.17) is 4.52 Å². The van der Waals surface area contributed by atoms with Crippen molar-refractivity contribution >= 4 is 0 Å². The maximum absolute atomic E-state index is 5.33. The van der Waals surface area contributed by atoms with Crippen LogP contribution in [0.5, 0.6) is 0 Å². The highest BCUT2D eigenvalue weighted by atomic mass is 16.5. The first-order chi connectivity index (χ1) is 7.34. The van der Waals surface area contributed by atoms with Crippen molar-refractivity contribution in [1.29, 1.82) is 0 Å². The molecule has 0 amide bonds. The molecule has 1 aromatic rings. The lowest BCUT2D eigenvalue weighted by Gasteiger charge is -2.30. The third-order valence-electron chi connectivity index (χ3n) is 3.20. The maximum atomic E-state index is 5.33. The van der Waals surface area contributed by atoms with Crippen LogP contribution in [-0.4, -0.2) is 41.7 Å². The molecule has 5 heteroatoms. The second-order valence-corrected chi connectivity index (χ2v) is 4.47. The van der Waals surface area contributed by atoms with Crippen LogP contribution in [0.15, 0.2) is 4.52 Å². The summed E-state index contributed by atoms with van der Waals surface area (Å²) in [6.45, 7) is 2.98. The average molecular weight is 208 g/mol. The Morgan fingerprint density at radius 2 is 2.33 bits per heavy atom. The Bertz CT molecular complexity index is 347. The van der Waals surface area contributed by atoms with E-state index in [1.165, 1.54) is 12.8 Å². The van der Waals surface area contributed by atoms with Gasteiger partial charge in [-0.15, -0.1) is 0 Å². The second kappa shape index (κ2) is 3.57. The maximum Gasteiger partial charge on any atom is 0.245 e. The molecular formula is C10H16N4O.